The standard InChI is InChI=1S/C15H18N2/c1-11-4-5-13-9-12(6-7-15(13)17-11)14-3-2-8-16-10-14/h4-7,9,14,16H,2-3,8,10H2,1H3. The first-order valence-electron chi connectivity index (χ1n) is 6.41. The van der Waals surface area contributed by atoms with E-state index in [0.717, 1.165) is 17.8 Å². The van der Waals surface area contributed by atoms with Crippen LogP contribution in [-0.2, 0) is 0 Å². The van der Waals surface area contributed by atoms with Gasteiger partial charge >= 0.3 is 0 Å². The number of hydrogen-bond donors (Lipinski definition) is 1. The fourth-order valence-electron chi connectivity index (χ4n) is 2.64. The van der Waals surface area contributed by atoms with Gasteiger partial charge in [-0.05, 0) is 56.0 Å². The van der Waals surface area contributed by atoms with Crippen molar-refractivity contribution < 1.29 is 0 Å². The van der Waals surface area contributed by atoms with E-state index < -0.39 is 0 Å². The molecule has 0 bridgehead atoms. The number of nitrogens with one attached hydrogen (secondary N) is 1. The smallest absolute Gasteiger partial charge is 0.0705 e. The third kappa shape index (κ3) is 2.18. The lowest BCUT2D eigenvalue weighted by Crippen LogP contribution is -2.28. The summed E-state index contributed by atoms with van der Waals surface area (Å²) in [6.07, 6.45) is 2.59. The van der Waals surface area contributed by atoms with Crippen molar-refractivity contribution in [1.29, 1.82) is 0 Å². The van der Waals surface area contributed by atoms with Crippen molar-refractivity contribution in [2.75, 3.05) is 13.1 Å². The molecule has 1 aromatic carbocycles. The summed E-state index contributed by atoms with van der Waals surface area (Å²) in [7, 11) is 0. The van der Waals surface area contributed by atoms with Gasteiger partial charge in [0, 0.05) is 17.6 Å². The predicted octanol–water partition coefficient (Wildman–Crippen LogP) is 3.01. The molecule has 1 atom stereocenters. The second-order valence-electron chi connectivity index (χ2n) is 4.95. The molecule has 88 valence electrons. The molecule has 0 spiro atoms. The van der Waals surface area contributed by atoms with Gasteiger partial charge in [-0.1, -0.05) is 12.1 Å². The molecule has 1 aromatic heterocycles. The summed E-state index contributed by atoms with van der Waals surface area (Å²) in [4.78, 5) is 4.55. The normalized spacial score (nSPS) is 20.6. The molecular formula is C15H18N2. The van der Waals surface area contributed by atoms with Gasteiger partial charge in [0.2, 0.25) is 0 Å². The number of nitrogens with zero attached hydrogens (tertiary/aromatic N) is 1. The van der Waals surface area contributed by atoms with Crippen LogP contribution in [0.2, 0.25) is 0 Å². The van der Waals surface area contributed by atoms with Crippen molar-refractivity contribution in [2.45, 2.75) is 25.7 Å². The van der Waals surface area contributed by atoms with Gasteiger partial charge in [-0.2, -0.15) is 0 Å². The summed E-state index contributed by atoms with van der Waals surface area (Å²) in [5.74, 6) is 0.675. The minimum atomic E-state index is 0.675. The van der Waals surface area contributed by atoms with Crippen molar-refractivity contribution in [3.8, 4) is 0 Å². The summed E-state index contributed by atoms with van der Waals surface area (Å²) in [5, 5.41) is 4.74. The molecule has 1 saturated heterocycles. The Bertz CT molecular complexity index is 527. The Morgan fingerprint density at radius 1 is 1.24 bits per heavy atom. The Labute approximate surface area is 102 Å². The summed E-state index contributed by atoms with van der Waals surface area (Å²) in [6, 6.07) is 11.0. The highest BCUT2D eigenvalue weighted by atomic mass is 14.9. The van der Waals surface area contributed by atoms with Gasteiger partial charge in [0.1, 0.15) is 0 Å². The number of benzene rings is 1. The number of aryl methyl sites for hydroxylation is 1. The first-order chi connectivity index (χ1) is 8.33. The minimum Gasteiger partial charge on any atom is -0.316 e. The zero-order valence-electron chi connectivity index (χ0n) is 10.2. The van der Waals surface area contributed by atoms with Crippen molar-refractivity contribution in [2.24, 2.45) is 0 Å². The molecule has 3 rings (SSSR count). The van der Waals surface area contributed by atoms with E-state index >= 15 is 0 Å². The van der Waals surface area contributed by atoms with Crippen molar-refractivity contribution in [3.63, 3.8) is 0 Å². The number of pyridine rings is 1. The van der Waals surface area contributed by atoms with E-state index in [1.807, 2.05) is 6.92 Å². The number of aromatic nitrogens is 1. The Balaban J connectivity index is 1.98. The highest BCUT2D eigenvalue weighted by molar-refractivity contribution is 5.79. The van der Waals surface area contributed by atoms with Crippen molar-refractivity contribution >= 4 is 10.9 Å². The molecule has 1 aliphatic rings. The molecule has 1 unspecified atom stereocenters. The van der Waals surface area contributed by atoms with Gasteiger partial charge in [-0.25, -0.2) is 0 Å². The van der Waals surface area contributed by atoms with E-state index in [1.165, 1.54) is 30.3 Å². The van der Waals surface area contributed by atoms with Crippen LogP contribution in [0.5, 0.6) is 0 Å². The summed E-state index contributed by atoms with van der Waals surface area (Å²) < 4.78 is 0. The second-order valence-corrected chi connectivity index (χ2v) is 4.95. The zero-order valence-corrected chi connectivity index (χ0v) is 10.2. The van der Waals surface area contributed by atoms with Gasteiger partial charge in [-0.3, -0.25) is 4.98 Å². The SMILES string of the molecule is Cc1ccc2cc(C3CCCNC3)ccc2n1. The maximum atomic E-state index is 4.55. The highest BCUT2D eigenvalue weighted by Gasteiger charge is 2.15. The summed E-state index contributed by atoms with van der Waals surface area (Å²) in [6.45, 7) is 4.33. The monoisotopic (exact) mass is 226 g/mol. The van der Waals surface area contributed by atoms with E-state index in [4.69, 9.17) is 0 Å². The predicted molar refractivity (Wildman–Crippen MR) is 71.3 cm³/mol. The Morgan fingerprint density at radius 2 is 2.18 bits per heavy atom. The van der Waals surface area contributed by atoms with Gasteiger partial charge in [0.05, 0.1) is 5.52 Å². The lowest BCUT2D eigenvalue weighted by molar-refractivity contribution is 0.462. The molecule has 1 N–H and O–H groups in total. The van der Waals surface area contributed by atoms with Crippen LogP contribution in [0.3, 0.4) is 0 Å². The molecule has 1 fully saturated rings. The fraction of sp³-hybridized carbons (Fsp3) is 0.400. The van der Waals surface area contributed by atoms with E-state index in [9.17, 15) is 0 Å². The first kappa shape index (κ1) is 10.7. The molecule has 1 aliphatic heterocycles. The van der Waals surface area contributed by atoms with Crippen LogP contribution in [0.15, 0.2) is 30.3 Å². The number of hydrogen-bond acceptors (Lipinski definition) is 2. The first-order valence-corrected chi connectivity index (χ1v) is 6.41. The van der Waals surface area contributed by atoms with E-state index in [-0.39, 0.29) is 0 Å². The lowest BCUT2D eigenvalue weighted by Gasteiger charge is -2.23. The zero-order chi connectivity index (χ0) is 11.7. The average molecular weight is 226 g/mol. The van der Waals surface area contributed by atoms with Gasteiger partial charge in [0.15, 0.2) is 0 Å². The fourth-order valence-corrected chi connectivity index (χ4v) is 2.64. The molecule has 0 amide bonds. The van der Waals surface area contributed by atoms with Crippen LogP contribution >= 0.6 is 0 Å². The topological polar surface area (TPSA) is 24.9 Å². The number of fused-ring (bicyclic) bond motifs is 1. The third-order valence-corrected chi connectivity index (χ3v) is 3.62. The van der Waals surface area contributed by atoms with E-state index in [0.29, 0.717) is 5.92 Å². The molecule has 0 aliphatic carbocycles. The van der Waals surface area contributed by atoms with E-state index in [2.05, 4.69) is 40.6 Å². The molecule has 2 heterocycles. The van der Waals surface area contributed by atoms with Crippen molar-refractivity contribution in [1.82, 2.24) is 10.3 Å². The molecule has 2 nitrogen and oxygen atoms in total. The maximum Gasteiger partial charge on any atom is 0.0705 e. The maximum absolute atomic E-state index is 4.55. The molecule has 0 saturated carbocycles. The highest BCUT2D eigenvalue weighted by Crippen LogP contribution is 2.25. The Hall–Kier alpha value is -1.41. The summed E-state index contributed by atoms with van der Waals surface area (Å²) >= 11 is 0. The van der Waals surface area contributed by atoms with Crippen LogP contribution in [0.25, 0.3) is 10.9 Å². The molecule has 2 aromatic rings. The van der Waals surface area contributed by atoms with Crippen LogP contribution in [0.1, 0.15) is 30.0 Å². The Morgan fingerprint density at radius 3 is 3.00 bits per heavy atom. The quantitative estimate of drug-likeness (QED) is 0.808. The largest absolute Gasteiger partial charge is 0.316 e. The minimum absolute atomic E-state index is 0.675. The molecule has 2 heteroatoms. The van der Waals surface area contributed by atoms with E-state index in [1.54, 1.807) is 0 Å². The van der Waals surface area contributed by atoms with Crippen molar-refractivity contribution in [3.05, 3.63) is 41.6 Å². The Kier molecular flexibility index (Phi) is 2.81. The second kappa shape index (κ2) is 4.46. The summed E-state index contributed by atoms with van der Waals surface area (Å²) in [5.41, 5.74) is 3.65. The van der Waals surface area contributed by atoms with Crippen LogP contribution in [0, 0.1) is 6.92 Å². The van der Waals surface area contributed by atoms with Gasteiger partial charge < -0.3 is 5.32 Å². The van der Waals surface area contributed by atoms with Gasteiger partial charge in [0.25, 0.3) is 0 Å². The van der Waals surface area contributed by atoms with Crippen LogP contribution in [0.4, 0.5) is 0 Å². The average Bonchev–Trinajstić information content (AvgIpc) is 2.39. The molecule has 0 radical (unpaired) electrons. The van der Waals surface area contributed by atoms with Crippen LogP contribution in [-0.4, -0.2) is 18.1 Å². The molecular weight excluding hydrogens is 208 g/mol. The third-order valence-electron chi connectivity index (χ3n) is 3.62. The number of rotatable bonds is 1. The van der Waals surface area contributed by atoms with Crippen LogP contribution < -0.4 is 5.32 Å². The lowest BCUT2D eigenvalue weighted by atomic mass is 9.91. The molecule has 17 heavy (non-hydrogen) atoms. The number of piperidine rings is 1. The van der Waals surface area contributed by atoms with Gasteiger partial charge in [-0.15, -0.1) is 0 Å².